The van der Waals surface area contributed by atoms with Gasteiger partial charge in [0, 0.05) is 37.1 Å². The molecule has 0 N–H and O–H groups in total. The van der Waals surface area contributed by atoms with Gasteiger partial charge in [-0.3, -0.25) is 4.90 Å². The van der Waals surface area contributed by atoms with E-state index in [1.54, 1.807) is 11.3 Å². The van der Waals surface area contributed by atoms with Crippen molar-refractivity contribution in [3.8, 4) is 11.4 Å². The van der Waals surface area contributed by atoms with Crippen molar-refractivity contribution in [3.63, 3.8) is 0 Å². The molecule has 0 saturated heterocycles. The molecule has 1 aliphatic heterocycles. The Morgan fingerprint density at radius 2 is 2.04 bits per heavy atom. The minimum atomic E-state index is 0.655. The van der Waals surface area contributed by atoms with E-state index in [4.69, 9.17) is 16.3 Å². The molecule has 2 aromatic heterocycles. The summed E-state index contributed by atoms with van der Waals surface area (Å²) in [7, 11) is 0. The van der Waals surface area contributed by atoms with Crippen LogP contribution in [-0.2, 0) is 13.1 Å². The number of para-hydroxylation sites is 1. The zero-order chi connectivity index (χ0) is 18.2. The first-order valence-electron chi connectivity index (χ1n) is 9.03. The molecule has 0 bridgehead atoms. The van der Waals surface area contributed by atoms with Gasteiger partial charge in [-0.25, -0.2) is 0 Å². The third-order valence-electron chi connectivity index (χ3n) is 5.02. The van der Waals surface area contributed by atoms with Crippen molar-refractivity contribution in [2.24, 2.45) is 0 Å². The molecule has 0 unspecified atom stereocenters. The summed E-state index contributed by atoms with van der Waals surface area (Å²) < 4.78 is 8.20. The van der Waals surface area contributed by atoms with Gasteiger partial charge in [0.15, 0.2) is 0 Å². The molecule has 0 fully saturated rings. The Morgan fingerprint density at radius 1 is 1.11 bits per heavy atom. The minimum absolute atomic E-state index is 0.655. The van der Waals surface area contributed by atoms with E-state index in [0.29, 0.717) is 11.6 Å². The van der Waals surface area contributed by atoms with Crippen LogP contribution in [0.25, 0.3) is 16.6 Å². The predicted octanol–water partition coefficient (Wildman–Crippen LogP) is 5.74. The highest BCUT2D eigenvalue weighted by Crippen LogP contribution is 2.35. The van der Waals surface area contributed by atoms with Crippen LogP contribution in [0, 0.1) is 0 Å². The number of halogens is 1. The summed E-state index contributed by atoms with van der Waals surface area (Å²) in [6.07, 6.45) is 2.10. The molecule has 2 aromatic carbocycles. The Hall–Kier alpha value is -2.27. The highest BCUT2D eigenvalue weighted by atomic mass is 35.5. The van der Waals surface area contributed by atoms with Crippen LogP contribution in [0.1, 0.15) is 11.1 Å². The smallest absolute Gasteiger partial charge is 0.142 e. The highest BCUT2D eigenvalue weighted by molar-refractivity contribution is 7.07. The second-order valence-electron chi connectivity index (χ2n) is 6.85. The number of nitrogens with zero attached hydrogens (tertiary/aromatic N) is 2. The molecule has 0 atom stereocenters. The van der Waals surface area contributed by atoms with Gasteiger partial charge in [-0.15, -0.1) is 0 Å². The molecule has 4 aromatic rings. The molecule has 27 heavy (non-hydrogen) atoms. The van der Waals surface area contributed by atoms with E-state index in [0.717, 1.165) is 36.6 Å². The first-order valence-corrected chi connectivity index (χ1v) is 10.3. The quantitative estimate of drug-likeness (QED) is 0.440. The summed E-state index contributed by atoms with van der Waals surface area (Å²) in [6.45, 7) is 3.31. The fraction of sp³-hybridized carbons (Fsp3) is 0.182. The number of hydrogen-bond acceptors (Lipinski definition) is 3. The highest BCUT2D eigenvalue weighted by Gasteiger charge is 2.20. The monoisotopic (exact) mass is 394 g/mol. The molecule has 0 radical (unpaired) electrons. The normalized spacial score (nSPS) is 14.7. The van der Waals surface area contributed by atoms with Gasteiger partial charge in [0.25, 0.3) is 0 Å². The SMILES string of the molecule is Clc1cc(-n2ccc3ccccc32)cc2c1OCCN(Cc1ccsc1)C2. The fourth-order valence-electron chi connectivity index (χ4n) is 3.73. The molecule has 3 nitrogen and oxygen atoms in total. The summed E-state index contributed by atoms with van der Waals surface area (Å²) in [5.74, 6) is 0.824. The van der Waals surface area contributed by atoms with Crippen molar-refractivity contribution < 1.29 is 4.74 Å². The van der Waals surface area contributed by atoms with Gasteiger partial charge in [-0.2, -0.15) is 11.3 Å². The van der Waals surface area contributed by atoms with Gasteiger partial charge in [-0.1, -0.05) is 29.8 Å². The van der Waals surface area contributed by atoms with Crippen LogP contribution in [0.4, 0.5) is 0 Å². The van der Waals surface area contributed by atoms with Crippen molar-refractivity contribution >= 4 is 33.8 Å². The Balaban J connectivity index is 1.53. The maximum absolute atomic E-state index is 6.62. The van der Waals surface area contributed by atoms with Crippen molar-refractivity contribution in [1.82, 2.24) is 9.47 Å². The Kier molecular flexibility index (Phi) is 4.40. The van der Waals surface area contributed by atoms with Gasteiger partial charge in [-0.05, 0) is 52.0 Å². The van der Waals surface area contributed by atoms with Crippen molar-refractivity contribution in [2.45, 2.75) is 13.1 Å². The number of benzene rings is 2. The Morgan fingerprint density at radius 3 is 2.93 bits per heavy atom. The van der Waals surface area contributed by atoms with Gasteiger partial charge < -0.3 is 9.30 Å². The largest absolute Gasteiger partial charge is 0.490 e. The number of hydrogen-bond donors (Lipinski definition) is 0. The zero-order valence-corrected chi connectivity index (χ0v) is 16.3. The van der Waals surface area contributed by atoms with Gasteiger partial charge in [0.05, 0.1) is 10.5 Å². The lowest BCUT2D eigenvalue weighted by atomic mass is 10.1. The van der Waals surface area contributed by atoms with Gasteiger partial charge >= 0.3 is 0 Å². The van der Waals surface area contributed by atoms with E-state index in [1.807, 2.05) is 6.07 Å². The molecular formula is C22H19ClN2OS. The van der Waals surface area contributed by atoms with Crippen molar-refractivity contribution in [2.75, 3.05) is 13.2 Å². The molecule has 3 heterocycles. The van der Waals surface area contributed by atoms with Crippen LogP contribution >= 0.6 is 22.9 Å². The van der Waals surface area contributed by atoms with E-state index in [9.17, 15) is 0 Å². The third kappa shape index (κ3) is 3.25. The summed E-state index contributed by atoms with van der Waals surface area (Å²) >= 11 is 8.36. The lowest BCUT2D eigenvalue weighted by Crippen LogP contribution is -2.25. The first kappa shape index (κ1) is 16.9. The lowest BCUT2D eigenvalue weighted by molar-refractivity contribution is 0.220. The zero-order valence-electron chi connectivity index (χ0n) is 14.8. The van der Waals surface area contributed by atoms with Crippen LogP contribution < -0.4 is 4.74 Å². The van der Waals surface area contributed by atoms with E-state index in [2.05, 4.69) is 68.9 Å². The summed E-state index contributed by atoms with van der Waals surface area (Å²) in [6, 6.07) is 16.9. The van der Waals surface area contributed by atoms with Crippen molar-refractivity contribution in [3.05, 3.63) is 81.6 Å². The molecule has 1 aliphatic rings. The average Bonchev–Trinajstić information content (AvgIpc) is 3.28. The maximum atomic E-state index is 6.62. The number of rotatable bonds is 3. The average molecular weight is 395 g/mol. The van der Waals surface area contributed by atoms with Crippen LogP contribution in [0.15, 0.2) is 65.5 Å². The molecule has 0 saturated carbocycles. The second kappa shape index (κ2) is 7.04. The molecule has 5 rings (SSSR count). The number of thiophene rings is 1. The Labute approximate surface area is 167 Å². The van der Waals surface area contributed by atoms with Crippen LogP contribution in [0.2, 0.25) is 5.02 Å². The Bertz CT molecular complexity index is 1090. The molecular weight excluding hydrogens is 376 g/mol. The van der Waals surface area contributed by atoms with E-state index in [1.165, 1.54) is 16.5 Å². The molecule has 5 heteroatoms. The van der Waals surface area contributed by atoms with E-state index >= 15 is 0 Å². The standard InChI is InChI=1S/C22H19ClN2OS/c23-20-12-19(25-7-5-17-3-1-2-4-21(17)25)11-18-14-24(8-9-26-22(18)20)13-16-6-10-27-15-16/h1-7,10-12,15H,8-9,13-14H2. The van der Waals surface area contributed by atoms with Gasteiger partial charge in [0.1, 0.15) is 12.4 Å². The van der Waals surface area contributed by atoms with Crippen LogP contribution in [-0.4, -0.2) is 22.6 Å². The topological polar surface area (TPSA) is 17.4 Å². The third-order valence-corrected chi connectivity index (χ3v) is 6.03. The molecule has 0 spiro atoms. The molecule has 0 aliphatic carbocycles. The minimum Gasteiger partial charge on any atom is -0.490 e. The van der Waals surface area contributed by atoms with Gasteiger partial charge in [0.2, 0.25) is 0 Å². The van der Waals surface area contributed by atoms with Crippen molar-refractivity contribution in [1.29, 1.82) is 0 Å². The van der Waals surface area contributed by atoms with Crippen LogP contribution in [0.5, 0.6) is 5.75 Å². The second-order valence-corrected chi connectivity index (χ2v) is 8.04. The summed E-state index contributed by atoms with van der Waals surface area (Å²) in [5, 5.41) is 6.24. The molecule has 0 amide bonds. The summed E-state index contributed by atoms with van der Waals surface area (Å²) in [4.78, 5) is 2.42. The number of aromatic nitrogens is 1. The first-order chi connectivity index (χ1) is 13.3. The van der Waals surface area contributed by atoms with E-state index in [-0.39, 0.29) is 0 Å². The number of fused-ring (bicyclic) bond motifs is 2. The number of ether oxygens (including phenoxy) is 1. The lowest BCUT2D eigenvalue weighted by Gasteiger charge is -2.19. The maximum Gasteiger partial charge on any atom is 0.142 e. The summed E-state index contributed by atoms with van der Waals surface area (Å²) in [5.41, 5.74) is 4.74. The predicted molar refractivity (Wildman–Crippen MR) is 112 cm³/mol. The molecule has 136 valence electrons. The van der Waals surface area contributed by atoms with E-state index < -0.39 is 0 Å². The van der Waals surface area contributed by atoms with Crippen LogP contribution in [0.3, 0.4) is 0 Å². The fourth-order valence-corrected chi connectivity index (χ4v) is 4.68.